The lowest BCUT2D eigenvalue weighted by Crippen LogP contribution is -2.35. The fourth-order valence-electron chi connectivity index (χ4n) is 3.70. The van der Waals surface area contributed by atoms with Crippen LogP contribution in [-0.2, 0) is 21.4 Å². The van der Waals surface area contributed by atoms with Crippen LogP contribution in [-0.4, -0.2) is 31.9 Å². The Kier molecular flexibility index (Phi) is 6.48. The van der Waals surface area contributed by atoms with E-state index in [1.807, 2.05) is 19.1 Å². The Morgan fingerprint density at radius 1 is 1.09 bits per heavy atom. The Labute approximate surface area is 202 Å². The number of carboxylic acids is 1. The first-order valence-electron chi connectivity index (χ1n) is 10.7. The Morgan fingerprint density at radius 3 is 2.40 bits per heavy atom. The highest BCUT2D eigenvalue weighted by atomic mass is 32.2. The molecule has 9 nitrogen and oxygen atoms in total. The van der Waals surface area contributed by atoms with E-state index in [-0.39, 0.29) is 16.4 Å². The molecule has 4 rings (SSSR count). The van der Waals surface area contributed by atoms with Gasteiger partial charge in [0.2, 0.25) is 0 Å². The molecule has 0 radical (unpaired) electrons. The van der Waals surface area contributed by atoms with Crippen molar-refractivity contribution < 1.29 is 22.7 Å². The molecule has 1 aromatic heterocycles. The van der Waals surface area contributed by atoms with Gasteiger partial charge in [0.15, 0.2) is 0 Å². The summed E-state index contributed by atoms with van der Waals surface area (Å²) in [6.45, 7) is 1.54. The number of hydrogen-bond acceptors (Lipinski definition) is 6. The number of benzene rings is 3. The smallest absolute Gasteiger partial charge is 0.324 e. The number of aryl methyl sites for hydroxylation is 1. The molecule has 0 saturated heterocycles. The fraction of sp³-hybridized carbons (Fsp3) is 0.120. The molecule has 0 amide bonds. The van der Waals surface area contributed by atoms with Crippen molar-refractivity contribution in [3.8, 4) is 0 Å². The molecule has 0 atom stereocenters. The Hall–Kier alpha value is -4.31. The van der Waals surface area contributed by atoms with E-state index in [4.69, 9.17) is 15.6 Å². The van der Waals surface area contributed by atoms with Gasteiger partial charge in [-0.1, -0.05) is 18.2 Å². The largest absolute Gasteiger partial charge is 0.480 e. The monoisotopic (exact) mass is 492 g/mol. The average molecular weight is 493 g/mol. The maximum Gasteiger partial charge on any atom is 0.324 e. The van der Waals surface area contributed by atoms with Crippen LogP contribution in [0.3, 0.4) is 0 Å². The van der Waals surface area contributed by atoms with Gasteiger partial charge in [-0.3, -0.25) is 14.5 Å². The lowest BCUT2D eigenvalue weighted by molar-refractivity contribution is -0.135. The van der Waals surface area contributed by atoms with Gasteiger partial charge in [0.05, 0.1) is 17.1 Å². The van der Waals surface area contributed by atoms with Crippen LogP contribution in [0.5, 0.6) is 0 Å². The molecule has 5 N–H and O–H groups in total. The lowest BCUT2D eigenvalue weighted by Gasteiger charge is -2.22. The summed E-state index contributed by atoms with van der Waals surface area (Å²) in [6, 6.07) is 19.6. The van der Waals surface area contributed by atoms with Crippen LogP contribution >= 0.6 is 0 Å². The number of carbonyl (C=O) groups is 1. The van der Waals surface area contributed by atoms with Crippen molar-refractivity contribution in [1.29, 1.82) is 5.41 Å². The zero-order valence-corrected chi connectivity index (χ0v) is 19.7. The highest BCUT2D eigenvalue weighted by Crippen LogP contribution is 2.32. The number of carboxylic acid groups (broad SMARTS) is 1. The average Bonchev–Trinajstić information content (AvgIpc) is 3.16. The van der Waals surface area contributed by atoms with E-state index in [0.717, 1.165) is 20.9 Å². The van der Waals surface area contributed by atoms with Crippen molar-refractivity contribution in [3.63, 3.8) is 0 Å². The van der Waals surface area contributed by atoms with Gasteiger partial charge < -0.3 is 20.6 Å². The van der Waals surface area contributed by atoms with Gasteiger partial charge in [0.25, 0.3) is 10.0 Å². The fourth-order valence-corrected chi connectivity index (χ4v) is 5.12. The van der Waals surface area contributed by atoms with Crippen molar-refractivity contribution in [1.82, 2.24) is 0 Å². The number of fused-ring (bicyclic) bond motifs is 1. The van der Waals surface area contributed by atoms with E-state index >= 15 is 0 Å². The molecule has 10 heteroatoms. The third-order valence-corrected chi connectivity index (χ3v) is 7.36. The quantitative estimate of drug-likeness (QED) is 0.204. The molecular formula is C25H24N4O5S. The SMILES string of the molecule is Cc1c(CNc2ccc(C(=N)N)cc2)oc2cc(N(CC(=O)O)S(=O)(=O)c3ccccc3)ccc12. The van der Waals surface area contributed by atoms with Gasteiger partial charge in [-0.05, 0) is 55.5 Å². The van der Waals surface area contributed by atoms with Crippen LogP contribution in [0.4, 0.5) is 11.4 Å². The number of hydrogen-bond donors (Lipinski definition) is 4. The highest BCUT2D eigenvalue weighted by Gasteiger charge is 2.27. The normalized spacial score (nSPS) is 11.3. The summed E-state index contributed by atoms with van der Waals surface area (Å²) in [5.41, 5.74) is 8.45. The molecule has 0 aliphatic rings. The van der Waals surface area contributed by atoms with Gasteiger partial charge in [-0.2, -0.15) is 0 Å². The van der Waals surface area contributed by atoms with E-state index in [2.05, 4.69) is 5.32 Å². The van der Waals surface area contributed by atoms with Gasteiger partial charge in [-0.15, -0.1) is 0 Å². The van der Waals surface area contributed by atoms with Gasteiger partial charge in [0.1, 0.15) is 23.7 Å². The number of aliphatic carboxylic acids is 1. The number of furan rings is 1. The van der Waals surface area contributed by atoms with Crippen LogP contribution in [0.25, 0.3) is 11.0 Å². The minimum Gasteiger partial charge on any atom is -0.480 e. The third kappa shape index (κ3) is 4.97. The first kappa shape index (κ1) is 23.8. The van der Waals surface area contributed by atoms with Crippen molar-refractivity contribution in [2.24, 2.45) is 5.73 Å². The van der Waals surface area contributed by atoms with Crippen LogP contribution in [0.15, 0.2) is 82.1 Å². The summed E-state index contributed by atoms with van der Waals surface area (Å²) in [7, 11) is -4.10. The predicted octanol–water partition coefficient (Wildman–Crippen LogP) is 3.92. The highest BCUT2D eigenvalue weighted by molar-refractivity contribution is 7.92. The molecule has 4 aromatic rings. The van der Waals surface area contributed by atoms with Crippen LogP contribution in [0.2, 0.25) is 0 Å². The van der Waals surface area contributed by atoms with E-state index in [0.29, 0.717) is 23.5 Å². The second-order valence-electron chi connectivity index (χ2n) is 7.89. The molecule has 3 aromatic carbocycles. The summed E-state index contributed by atoms with van der Waals surface area (Å²) < 4.78 is 33.3. The topological polar surface area (TPSA) is 150 Å². The molecule has 180 valence electrons. The van der Waals surface area contributed by atoms with Crippen LogP contribution in [0.1, 0.15) is 16.9 Å². The molecule has 0 spiro atoms. The number of amidine groups is 1. The maximum absolute atomic E-state index is 13.2. The molecule has 35 heavy (non-hydrogen) atoms. The predicted molar refractivity (Wildman–Crippen MR) is 134 cm³/mol. The summed E-state index contributed by atoms with van der Waals surface area (Å²) in [5, 5.41) is 20.9. The van der Waals surface area contributed by atoms with Gasteiger partial charge >= 0.3 is 5.97 Å². The second-order valence-corrected chi connectivity index (χ2v) is 9.76. The number of nitrogens with zero attached hydrogens (tertiary/aromatic N) is 1. The first-order valence-corrected chi connectivity index (χ1v) is 12.1. The van der Waals surface area contributed by atoms with Gasteiger partial charge in [-0.25, -0.2) is 8.42 Å². The molecule has 0 aliphatic carbocycles. The van der Waals surface area contributed by atoms with Crippen LogP contribution in [0, 0.1) is 12.3 Å². The molecule has 0 bridgehead atoms. The Bertz CT molecular complexity index is 1500. The summed E-state index contributed by atoms with van der Waals surface area (Å²) >= 11 is 0. The third-order valence-electron chi connectivity index (χ3n) is 5.57. The number of nitrogens with one attached hydrogen (secondary N) is 2. The van der Waals surface area contributed by atoms with E-state index < -0.39 is 22.5 Å². The Balaban J connectivity index is 1.64. The standard InChI is InChI=1S/C25H24N4O5S/c1-16-21-12-11-19(29(15-24(30)31)35(32,33)20-5-3-2-4-6-20)13-22(21)34-23(16)14-28-18-9-7-17(8-10-18)25(26)27/h2-13,28H,14-15H2,1H3,(H3,26,27)(H,30,31). The number of nitrogen functional groups attached to an aromatic ring is 1. The van der Waals surface area contributed by atoms with E-state index in [1.54, 1.807) is 42.5 Å². The Morgan fingerprint density at radius 2 is 1.77 bits per heavy atom. The van der Waals surface area contributed by atoms with E-state index in [1.165, 1.54) is 18.2 Å². The summed E-state index contributed by atoms with van der Waals surface area (Å²) in [5.74, 6) is -0.629. The number of rotatable bonds is 9. The zero-order valence-electron chi connectivity index (χ0n) is 18.9. The van der Waals surface area contributed by atoms with E-state index in [9.17, 15) is 18.3 Å². The maximum atomic E-state index is 13.2. The zero-order chi connectivity index (χ0) is 25.2. The molecule has 0 saturated carbocycles. The van der Waals surface area contributed by atoms with Crippen molar-refractivity contribution in [2.45, 2.75) is 18.4 Å². The lowest BCUT2D eigenvalue weighted by atomic mass is 10.1. The minimum absolute atomic E-state index is 0.00217. The number of sulfonamides is 1. The minimum atomic E-state index is -4.10. The second kappa shape index (κ2) is 9.51. The molecule has 0 aliphatic heterocycles. The van der Waals surface area contributed by atoms with Gasteiger partial charge in [0, 0.05) is 28.3 Å². The molecule has 0 fully saturated rings. The van der Waals surface area contributed by atoms with Crippen LogP contribution < -0.4 is 15.4 Å². The number of nitrogens with two attached hydrogens (primary N) is 1. The van der Waals surface area contributed by atoms with Crippen molar-refractivity contribution in [2.75, 3.05) is 16.2 Å². The number of anilines is 2. The molecular weight excluding hydrogens is 468 g/mol. The summed E-state index contributed by atoms with van der Waals surface area (Å²) in [4.78, 5) is 11.5. The molecule has 1 heterocycles. The van der Waals surface area contributed by atoms with Crippen molar-refractivity contribution >= 4 is 44.2 Å². The first-order chi connectivity index (χ1) is 16.7. The van der Waals surface area contributed by atoms with Crippen molar-refractivity contribution in [3.05, 3.63) is 89.7 Å². The summed E-state index contributed by atoms with van der Waals surface area (Å²) in [6.07, 6.45) is 0. The molecule has 0 unspecified atom stereocenters.